The van der Waals surface area contributed by atoms with Gasteiger partial charge in [0.15, 0.2) is 5.82 Å². The molecule has 0 bridgehead atoms. The Bertz CT molecular complexity index is 502. The lowest BCUT2D eigenvalue weighted by atomic mass is 10.2. The molecule has 2 rings (SSSR count). The summed E-state index contributed by atoms with van der Waals surface area (Å²) in [4.78, 5) is 3.92. The first kappa shape index (κ1) is 10.4. The number of hydrogen-bond donors (Lipinski definition) is 2. The van der Waals surface area contributed by atoms with Crippen molar-refractivity contribution >= 4 is 11.5 Å². The van der Waals surface area contributed by atoms with Crippen molar-refractivity contribution < 1.29 is 0 Å². The Morgan fingerprint density at radius 2 is 2.06 bits per heavy atom. The molecule has 0 amide bonds. The average molecular weight is 218 g/mol. The van der Waals surface area contributed by atoms with Gasteiger partial charge in [-0.2, -0.15) is 0 Å². The van der Waals surface area contributed by atoms with E-state index < -0.39 is 0 Å². The van der Waals surface area contributed by atoms with Gasteiger partial charge in [-0.15, -0.1) is 10.2 Å². The summed E-state index contributed by atoms with van der Waals surface area (Å²) in [5.41, 5.74) is 12.7. The summed E-state index contributed by atoms with van der Waals surface area (Å²) in [6.07, 6.45) is 3.29. The molecule has 0 saturated carbocycles. The molecule has 0 aromatic carbocycles. The fraction of sp³-hybridized carbons (Fsp3) is 0.300. The summed E-state index contributed by atoms with van der Waals surface area (Å²) in [7, 11) is 0. The highest BCUT2D eigenvalue weighted by Crippen LogP contribution is 2.28. The van der Waals surface area contributed by atoms with Gasteiger partial charge in [0, 0.05) is 17.8 Å². The molecule has 2 aromatic rings. The second kappa shape index (κ2) is 3.80. The molecule has 6 nitrogen and oxygen atoms in total. The fourth-order valence-corrected chi connectivity index (χ4v) is 1.50. The van der Waals surface area contributed by atoms with Gasteiger partial charge in [-0.05, 0) is 19.9 Å². The normalized spacial score (nSPS) is 10.9. The molecule has 0 radical (unpaired) electrons. The Labute approximate surface area is 93.3 Å². The van der Waals surface area contributed by atoms with Crippen LogP contribution in [0.15, 0.2) is 18.6 Å². The second-order valence-electron chi connectivity index (χ2n) is 3.81. The Kier molecular flexibility index (Phi) is 2.47. The molecule has 2 heterocycles. The van der Waals surface area contributed by atoms with Gasteiger partial charge in [-0.3, -0.25) is 0 Å². The van der Waals surface area contributed by atoms with Gasteiger partial charge in [0.05, 0.1) is 5.69 Å². The van der Waals surface area contributed by atoms with Gasteiger partial charge in [0.25, 0.3) is 0 Å². The minimum absolute atomic E-state index is 0.263. The lowest BCUT2D eigenvalue weighted by molar-refractivity contribution is 0.604. The third-order valence-corrected chi connectivity index (χ3v) is 2.39. The van der Waals surface area contributed by atoms with Crippen molar-refractivity contribution in [2.45, 2.75) is 19.9 Å². The maximum absolute atomic E-state index is 5.87. The number of nitrogens with zero attached hydrogens (tertiary/aromatic N) is 4. The van der Waals surface area contributed by atoms with Crippen LogP contribution in [-0.4, -0.2) is 19.7 Å². The summed E-state index contributed by atoms with van der Waals surface area (Å²) in [5, 5.41) is 7.95. The van der Waals surface area contributed by atoms with Crippen LogP contribution in [0.5, 0.6) is 0 Å². The number of anilines is 2. The molecular weight excluding hydrogens is 204 g/mol. The van der Waals surface area contributed by atoms with Gasteiger partial charge in [-0.1, -0.05) is 0 Å². The zero-order valence-corrected chi connectivity index (χ0v) is 9.25. The molecule has 6 heteroatoms. The Balaban J connectivity index is 2.59. The molecule has 0 fully saturated rings. The molecule has 0 atom stereocenters. The first-order chi connectivity index (χ1) is 7.61. The van der Waals surface area contributed by atoms with Crippen LogP contribution in [0.3, 0.4) is 0 Å². The van der Waals surface area contributed by atoms with Crippen molar-refractivity contribution in [2.24, 2.45) is 0 Å². The smallest absolute Gasteiger partial charge is 0.166 e. The van der Waals surface area contributed by atoms with E-state index in [1.807, 2.05) is 18.4 Å². The van der Waals surface area contributed by atoms with Gasteiger partial charge < -0.3 is 16.0 Å². The summed E-state index contributed by atoms with van der Waals surface area (Å²) < 4.78 is 1.94. The Hall–Kier alpha value is -2.11. The Morgan fingerprint density at radius 1 is 1.31 bits per heavy atom. The van der Waals surface area contributed by atoms with E-state index in [0.29, 0.717) is 17.3 Å². The molecule has 0 aliphatic rings. The van der Waals surface area contributed by atoms with Gasteiger partial charge in [0.1, 0.15) is 12.1 Å². The molecule has 4 N–H and O–H groups in total. The largest absolute Gasteiger partial charge is 0.395 e. The first-order valence-electron chi connectivity index (χ1n) is 5.01. The Morgan fingerprint density at radius 3 is 2.75 bits per heavy atom. The van der Waals surface area contributed by atoms with E-state index in [-0.39, 0.29) is 6.04 Å². The molecule has 0 saturated heterocycles. The van der Waals surface area contributed by atoms with Gasteiger partial charge in [-0.25, -0.2) is 4.98 Å². The molecule has 2 aromatic heterocycles. The molecule has 0 unspecified atom stereocenters. The third-order valence-electron chi connectivity index (χ3n) is 2.39. The number of nitrogen functional groups attached to an aromatic ring is 2. The van der Waals surface area contributed by atoms with Crippen molar-refractivity contribution in [3.8, 4) is 11.4 Å². The van der Waals surface area contributed by atoms with Crippen LogP contribution in [0.2, 0.25) is 0 Å². The summed E-state index contributed by atoms with van der Waals surface area (Å²) in [5.74, 6) is 1.03. The number of hydrogen-bond acceptors (Lipinski definition) is 5. The van der Waals surface area contributed by atoms with Gasteiger partial charge in [0.2, 0.25) is 0 Å². The van der Waals surface area contributed by atoms with Crippen molar-refractivity contribution in [1.29, 1.82) is 0 Å². The van der Waals surface area contributed by atoms with Crippen molar-refractivity contribution in [3.05, 3.63) is 18.6 Å². The zero-order valence-electron chi connectivity index (χ0n) is 9.25. The summed E-state index contributed by atoms with van der Waals surface area (Å²) >= 11 is 0. The highest BCUT2D eigenvalue weighted by molar-refractivity contribution is 5.78. The molecule has 0 aliphatic heterocycles. The number of nitrogens with two attached hydrogens (primary N) is 2. The fourth-order valence-electron chi connectivity index (χ4n) is 1.50. The van der Waals surface area contributed by atoms with Crippen LogP contribution < -0.4 is 11.5 Å². The lowest BCUT2D eigenvalue weighted by Crippen LogP contribution is -2.05. The van der Waals surface area contributed by atoms with E-state index in [9.17, 15) is 0 Å². The standard InChI is InChI=1S/C10H14N6/c1-6(2)16-5-14-15-10(16)7-3-4-13-9(12)8(7)11/h3-6H,11H2,1-2H3,(H2,12,13). The third kappa shape index (κ3) is 1.58. The van der Waals surface area contributed by atoms with Crippen LogP contribution in [-0.2, 0) is 0 Å². The van der Waals surface area contributed by atoms with Crippen molar-refractivity contribution in [3.63, 3.8) is 0 Å². The molecule has 0 aliphatic carbocycles. The van der Waals surface area contributed by atoms with Crippen LogP contribution >= 0.6 is 0 Å². The highest BCUT2D eigenvalue weighted by atomic mass is 15.3. The predicted octanol–water partition coefficient (Wildman–Crippen LogP) is 1.09. The summed E-state index contributed by atoms with van der Waals surface area (Å²) in [6.45, 7) is 4.10. The average Bonchev–Trinajstić information content (AvgIpc) is 2.70. The minimum atomic E-state index is 0.263. The van der Waals surface area contributed by atoms with Crippen LogP contribution in [0.1, 0.15) is 19.9 Å². The molecule has 16 heavy (non-hydrogen) atoms. The maximum Gasteiger partial charge on any atom is 0.166 e. The molecular formula is C10H14N6. The second-order valence-corrected chi connectivity index (χ2v) is 3.81. The molecule has 84 valence electrons. The summed E-state index contributed by atoms with van der Waals surface area (Å²) in [6, 6.07) is 2.05. The predicted molar refractivity (Wildman–Crippen MR) is 62.5 cm³/mol. The van der Waals surface area contributed by atoms with Crippen molar-refractivity contribution in [1.82, 2.24) is 19.7 Å². The van der Waals surface area contributed by atoms with E-state index in [2.05, 4.69) is 15.2 Å². The molecule has 0 spiro atoms. The highest BCUT2D eigenvalue weighted by Gasteiger charge is 2.13. The quantitative estimate of drug-likeness (QED) is 0.786. The SMILES string of the molecule is CC(C)n1cnnc1-c1ccnc(N)c1N. The number of pyridine rings is 1. The minimum Gasteiger partial charge on any atom is -0.395 e. The lowest BCUT2D eigenvalue weighted by Gasteiger charge is -2.11. The van der Waals surface area contributed by atoms with E-state index in [4.69, 9.17) is 11.5 Å². The first-order valence-corrected chi connectivity index (χ1v) is 5.01. The monoisotopic (exact) mass is 218 g/mol. The topological polar surface area (TPSA) is 95.6 Å². The van der Waals surface area contributed by atoms with Gasteiger partial charge >= 0.3 is 0 Å². The van der Waals surface area contributed by atoms with E-state index in [1.165, 1.54) is 0 Å². The van der Waals surface area contributed by atoms with E-state index >= 15 is 0 Å². The zero-order chi connectivity index (χ0) is 11.7. The van der Waals surface area contributed by atoms with Crippen LogP contribution in [0.25, 0.3) is 11.4 Å². The van der Waals surface area contributed by atoms with Crippen LogP contribution in [0.4, 0.5) is 11.5 Å². The number of rotatable bonds is 2. The number of aromatic nitrogens is 4. The van der Waals surface area contributed by atoms with E-state index in [0.717, 1.165) is 5.56 Å². The van der Waals surface area contributed by atoms with Crippen LogP contribution in [0, 0.1) is 0 Å². The van der Waals surface area contributed by atoms with Crippen molar-refractivity contribution in [2.75, 3.05) is 11.5 Å². The van der Waals surface area contributed by atoms with E-state index in [1.54, 1.807) is 18.6 Å². The maximum atomic E-state index is 5.87.